The summed E-state index contributed by atoms with van der Waals surface area (Å²) in [7, 11) is 0. The largest absolute Gasteiger partial charge is 0.487 e. The van der Waals surface area contributed by atoms with Crippen LogP contribution in [0.5, 0.6) is 0 Å². The Hall–Kier alpha value is -2.84. The van der Waals surface area contributed by atoms with Crippen LogP contribution in [0.25, 0.3) is 0 Å². The summed E-state index contributed by atoms with van der Waals surface area (Å²) in [6.45, 7) is 1.84. The molecule has 1 atom stereocenters. The number of aliphatic carboxylic acids is 1. The molecule has 0 bridgehead atoms. The number of hydrogen-bond donors (Lipinski definition) is 3. The average molecular weight is 505 g/mol. The van der Waals surface area contributed by atoms with E-state index in [1.165, 1.54) is 25.0 Å². The van der Waals surface area contributed by atoms with Crippen LogP contribution in [0.2, 0.25) is 10.0 Å². The number of carbonyl (C=O) groups is 2. The molecule has 0 radical (unpaired) electrons. The van der Waals surface area contributed by atoms with Crippen LogP contribution in [0.1, 0.15) is 61.5 Å². The van der Waals surface area contributed by atoms with Crippen molar-refractivity contribution < 1.29 is 19.4 Å². The number of aromatic nitrogens is 2. The molecule has 180 valence electrons. The highest BCUT2D eigenvalue weighted by molar-refractivity contribution is 6.40. The van der Waals surface area contributed by atoms with Gasteiger partial charge in [0.1, 0.15) is 11.8 Å². The molecule has 2 aromatic heterocycles. The Labute approximate surface area is 207 Å². The van der Waals surface area contributed by atoms with Crippen LogP contribution < -0.4 is 10.6 Å². The number of nitrogens with one attached hydrogen (secondary N) is 2. The van der Waals surface area contributed by atoms with Gasteiger partial charge in [-0.15, -0.1) is 0 Å². The normalized spacial score (nSPS) is 18.1. The third kappa shape index (κ3) is 4.70. The average Bonchev–Trinajstić information content (AvgIpc) is 2.82. The number of carboxylic acids is 1. The first kappa shape index (κ1) is 24.3. The van der Waals surface area contributed by atoms with Crippen molar-refractivity contribution in [3.05, 3.63) is 64.0 Å². The summed E-state index contributed by atoms with van der Waals surface area (Å²) in [5, 5.41) is 16.4. The van der Waals surface area contributed by atoms with Gasteiger partial charge < -0.3 is 20.5 Å². The minimum atomic E-state index is -1.23. The first-order valence-corrected chi connectivity index (χ1v) is 12.0. The highest BCUT2D eigenvalue weighted by Gasteiger charge is 2.48. The van der Waals surface area contributed by atoms with Crippen molar-refractivity contribution in [3.63, 3.8) is 0 Å². The van der Waals surface area contributed by atoms with Crippen molar-refractivity contribution in [1.29, 1.82) is 0 Å². The van der Waals surface area contributed by atoms with E-state index >= 15 is 0 Å². The molecule has 1 aliphatic heterocycles. The maximum atomic E-state index is 12.6. The summed E-state index contributed by atoms with van der Waals surface area (Å²) >= 11 is 12.1. The third-order valence-electron chi connectivity index (χ3n) is 6.59. The van der Waals surface area contributed by atoms with Crippen molar-refractivity contribution in [2.45, 2.75) is 63.0 Å². The number of amides is 1. The molecule has 1 amide bonds. The molecule has 2 aliphatic rings. The fourth-order valence-electron chi connectivity index (χ4n) is 4.47. The Morgan fingerprint density at radius 3 is 2.38 bits per heavy atom. The number of carbonyl (C=O) groups excluding carboxylic acids is 1. The molecule has 2 aromatic rings. The van der Waals surface area contributed by atoms with Gasteiger partial charge >= 0.3 is 5.97 Å². The van der Waals surface area contributed by atoms with Gasteiger partial charge in [-0.3, -0.25) is 14.8 Å². The van der Waals surface area contributed by atoms with Gasteiger partial charge in [0.25, 0.3) is 5.91 Å². The van der Waals surface area contributed by atoms with Crippen molar-refractivity contribution >= 4 is 40.8 Å². The van der Waals surface area contributed by atoms with Crippen molar-refractivity contribution in [3.8, 4) is 0 Å². The molecule has 3 N–H and O–H groups in total. The van der Waals surface area contributed by atoms with E-state index in [1.54, 1.807) is 18.4 Å². The summed E-state index contributed by atoms with van der Waals surface area (Å²) in [6, 6.07) is 3.36. The first-order chi connectivity index (χ1) is 16.3. The Bertz CT molecular complexity index is 1100. The Balaban J connectivity index is 1.47. The maximum absolute atomic E-state index is 12.6. The van der Waals surface area contributed by atoms with E-state index in [0.29, 0.717) is 17.8 Å². The molecule has 34 heavy (non-hydrogen) atoms. The number of nitrogens with zero attached hydrogens (tertiary/aromatic N) is 2. The lowest BCUT2D eigenvalue weighted by Crippen LogP contribution is -2.59. The van der Waals surface area contributed by atoms with Crippen LogP contribution in [-0.4, -0.2) is 38.1 Å². The molecule has 3 heterocycles. The molecule has 0 aromatic carbocycles. The summed E-state index contributed by atoms with van der Waals surface area (Å²) in [5.74, 6) is -1.44. The van der Waals surface area contributed by atoms with Crippen molar-refractivity contribution in [2.24, 2.45) is 0 Å². The molecule has 0 unspecified atom stereocenters. The molecular formula is C24H26Cl2N4O4. The van der Waals surface area contributed by atoms with E-state index in [4.69, 9.17) is 27.9 Å². The molecule has 1 spiro atoms. The number of halogens is 2. The predicted molar refractivity (Wildman–Crippen MR) is 129 cm³/mol. The second-order valence-electron chi connectivity index (χ2n) is 8.72. The fraction of sp³-hybridized carbons (Fsp3) is 0.417. The van der Waals surface area contributed by atoms with E-state index < -0.39 is 17.4 Å². The Morgan fingerprint density at radius 1 is 1.15 bits per heavy atom. The highest BCUT2D eigenvalue weighted by atomic mass is 35.5. The van der Waals surface area contributed by atoms with Crippen LogP contribution in [0.3, 0.4) is 0 Å². The zero-order chi connectivity index (χ0) is 24.3. The van der Waals surface area contributed by atoms with Crippen LogP contribution in [0, 0.1) is 0 Å². The van der Waals surface area contributed by atoms with E-state index in [9.17, 15) is 14.7 Å². The summed E-state index contributed by atoms with van der Waals surface area (Å²) in [5.41, 5.74) is 0.371. The number of anilines is 1. The minimum absolute atomic E-state index is 0.120. The first-order valence-electron chi connectivity index (χ1n) is 11.2. The van der Waals surface area contributed by atoms with Gasteiger partial charge in [0.2, 0.25) is 0 Å². The number of ether oxygens (including phenoxy) is 1. The second kappa shape index (κ2) is 9.80. The minimum Gasteiger partial charge on any atom is -0.487 e. The number of hydrogen-bond acceptors (Lipinski definition) is 6. The second-order valence-corrected chi connectivity index (χ2v) is 9.53. The molecule has 4 rings (SSSR count). The van der Waals surface area contributed by atoms with E-state index in [0.717, 1.165) is 31.4 Å². The summed E-state index contributed by atoms with van der Waals surface area (Å²) in [6.07, 6.45) is 11.4. The third-order valence-corrected chi connectivity index (χ3v) is 7.16. The Kier molecular flexibility index (Phi) is 7.00. The van der Waals surface area contributed by atoms with Crippen molar-refractivity contribution in [2.75, 3.05) is 5.32 Å². The monoisotopic (exact) mass is 504 g/mol. The molecule has 10 heteroatoms. The quantitative estimate of drug-likeness (QED) is 0.464. The van der Waals surface area contributed by atoms with Gasteiger partial charge in [-0.05, 0) is 44.2 Å². The highest BCUT2D eigenvalue weighted by Crippen LogP contribution is 2.43. The van der Waals surface area contributed by atoms with E-state index in [1.807, 2.05) is 6.92 Å². The van der Waals surface area contributed by atoms with Crippen LogP contribution in [0.15, 0.2) is 42.7 Å². The van der Waals surface area contributed by atoms with E-state index in [2.05, 4.69) is 20.6 Å². The SMILES string of the molecule is CC[C@@](Cc1ccc(NC(=O)c2c(Cl)cncc2Cl)cn1)(NC1=COC12CCCCC2)C(=O)O. The van der Waals surface area contributed by atoms with Crippen molar-refractivity contribution in [1.82, 2.24) is 15.3 Å². The molecule has 1 fully saturated rings. The standard InChI is InChI=1S/C24H26Cl2N4O4/c1-2-23(22(32)33,30-19-14-34-24(19)8-4-3-5-9-24)10-15-6-7-16(11-28-15)29-21(31)20-17(25)12-27-13-18(20)26/h6-7,11-14,30H,2-5,8-10H2,1H3,(H,29,31)(H,32,33)/t23-/m0/s1. The lowest BCUT2D eigenvalue weighted by atomic mass is 9.78. The molecule has 1 saturated carbocycles. The Morgan fingerprint density at radius 2 is 1.85 bits per heavy atom. The summed E-state index contributed by atoms with van der Waals surface area (Å²) in [4.78, 5) is 33.2. The van der Waals surface area contributed by atoms with Gasteiger partial charge in [0, 0.05) is 24.5 Å². The fourth-order valence-corrected chi connectivity index (χ4v) is 5.00. The maximum Gasteiger partial charge on any atom is 0.329 e. The smallest absolute Gasteiger partial charge is 0.329 e. The molecule has 8 nitrogen and oxygen atoms in total. The van der Waals surface area contributed by atoms with Gasteiger partial charge in [0.15, 0.2) is 5.60 Å². The molecule has 1 aliphatic carbocycles. The van der Waals surface area contributed by atoms with Gasteiger partial charge in [-0.2, -0.15) is 0 Å². The van der Waals surface area contributed by atoms with Gasteiger partial charge in [-0.25, -0.2) is 4.79 Å². The molecule has 0 saturated heterocycles. The van der Waals surface area contributed by atoms with Gasteiger partial charge in [0.05, 0.1) is 33.2 Å². The summed E-state index contributed by atoms with van der Waals surface area (Å²) < 4.78 is 5.80. The number of carboxylic acid groups (broad SMARTS) is 1. The number of rotatable bonds is 8. The zero-order valence-corrected chi connectivity index (χ0v) is 20.2. The predicted octanol–water partition coefficient (Wildman–Crippen LogP) is 4.98. The lowest BCUT2D eigenvalue weighted by Gasteiger charge is -2.47. The topological polar surface area (TPSA) is 113 Å². The lowest BCUT2D eigenvalue weighted by molar-refractivity contribution is -0.145. The zero-order valence-electron chi connectivity index (χ0n) is 18.7. The number of pyridine rings is 2. The molecular weight excluding hydrogens is 479 g/mol. The van der Waals surface area contributed by atoms with Crippen LogP contribution in [0.4, 0.5) is 5.69 Å². The van der Waals surface area contributed by atoms with Crippen LogP contribution in [-0.2, 0) is 16.0 Å². The van der Waals surface area contributed by atoms with Crippen LogP contribution >= 0.6 is 23.2 Å². The van der Waals surface area contributed by atoms with Gasteiger partial charge in [-0.1, -0.05) is 36.5 Å². The van der Waals surface area contributed by atoms with E-state index in [-0.39, 0.29) is 27.6 Å².